The summed E-state index contributed by atoms with van der Waals surface area (Å²) in [4.78, 5) is 17.0. The molecule has 0 unspecified atom stereocenters. The lowest BCUT2D eigenvalue weighted by Gasteiger charge is -2.20. The first-order valence-electron chi connectivity index (χ1n) is 11.1. The van der Waals surface area contributed by atoms with Crippen LogP contribution in [0.25, 0.3) is 11.8 Å². The van der Waals surface area contributed by atoms with Crippen LogP contribution < -0.4 is 0 Å². The number of aromatic nitrogens is 1. The number of fused-ring (bicyclic) bond motifs is 1. The molecule has 166 valence electrons. The Kier molecular flexibility index (Phi) is 6.20. The summed E-state index contributed by atoms with van der Waals surface area (Å²) in [6.45, 7) is 10.5. The molecule has 1 aromatic heterocycles. The van der Waals surface area contributed by atoms with Crippen LogP contribution in [-0.2, 0) is 4.79 Å². The first-order chi connectivity index (χ1) is 15.3. The minimum absolute atomic E-state index is 0.0916. The van der Waals surface area contributed by atoms with Crippen LogP contribution in [0.5, 0.6) is 0 Å². The smallest absolute Gasteiger partial charge is 0.283 e. The largest absolute Gasteiger partial charge is 0.318 e. The molecule has 0 atom stereocenters. The number of carbonyl (C=O) groups excluding carboxylic acids is 1. The highest BCUT2D eigenvalue weighted by atomic mass is 32.2. The van der Waals surface area contributed by atoms with E-state index < -0.39 is 0 Å². The summed E-state index contributed by atoms with van der Waals surface area (Å²) in [6, 6.07) is 8.46. The average molecular weight is 448 g/mol. The van der Waals surface area contributed by atoms with Crippen LogP contribution >= 0.6 is 11.8 Å². The number of amides is 1. The Bertz CT molecular complexity index is 1200. The Balaban J connectivity index is 1.65. The first-order valence-corrected chi connectivity index (χ1v) is 11.9. The van der Waals surface area contributed by atoms with Crippen molar-refractivity contribution in [1.29, 1.82) is 5.41 Å². The second kappa shape index (κ2) is 8.90. The zero-order valence-corrected chi connectivity index (χ0v) is 20.1. The van der Waals surface area contributed by atoms with E-state index in [0.717, 1.165) is 53.4 Å². The highest BCUT2D eigenvalue weighted by Crippen LogP contribution is 2.31. The van der Waals surface area contributed by atoms with Crippen molar-refractivity contribution in [3.63, 3.8) is 0 Å². The predicted octanol–water partition coefficient (Wildman–Crippen LogP) is 5.91. The van der Waals surface area contributed by atoms with E-state index in [0.29, 0.717) is 5.17 Å². The van der Waals surface area contributed by atoms with Gasteiger partial charge in [0.1, 0.15) is 5.04 Å². The SMILES string of the molecule is CCCCCC1=NN2C(=N)/C(=C/c3cc(C)n(-c4ccc(C)c(C)c4)c3C)C(=O)N=C2S1. The molecule has 3 heterocycles. The average Bonchev–Trinajstić information content (AvgIpc) is 3.27. The van der Waals surface area contributed by atoms with Crippen molar-refractivity contribution in [2.24, 2.45) is 10.1 Å². The third-order valence-electron chi connectivity index (χ3n) is 6.01. The van der Waals surface area contributed by atoms with Crippen LogP contribution in [0.15, 0.2) is 39.9 Å². The maximum Gasteiger partial charge on any atom is 0.283 e. The minimum atomic E-state index is -0.380. The molecule has 7 heteroatoms. The summed E-state index contributed by atoms with van der Waals surface area (Å²) in [6.07, 6.45) is 5.97. The Morgan fingerprint density at radius 1 is 1.09 bits per heavy atom. The summed E-state index contributed by atoms with van der Waals surface area (Å²) < 4.78 is 2.18. The van der Waals surface area contributed by atoms with Gasteiger partial charge < -0.3 is 4.57 Å². The molecular formula is C25H29N5OS. The second-order valence-corrected chi connectivity index (χ2v) is 9.44. The second-order valence-electron chi connectivity index (χ2n) is 8.40. The van der Waals surface area contributed by atoms with Gasteiger partial charge >= 0.3 is 0 Å². The molecule has 0 fully saturated rings. The molecule has 1 N–H and O–H groups in total. The third-order valence-corrected chi connectivity index (χ3v) is 6.98. The van der Waals surface area contributed by atoms with E-state index in [-0.39, 0.29) is 17.3 Å². The lowest BCUT2D eigenvalue weighted by Crippen LogP contribution is -2.35. The summed E-state index contributed by atoms with van der Waals surface area (Å²) in [5, 5.41) is 16.1. The number of aryl methyl sites for hydroxylation is 3. The number of thioether (sulfide) groups is 1. The van der Waals surface area contributed by atoms with Crippen LogP contribution in [0.1, 0.15) is 60.7 Å². The summed E-state index contributed by atoms with van der Waals surface area (Å²) >= 11 is 1.40. The lowest BCUT2D eigenvalue weighted by molar-refractivity contribution is -0.114. The normalized spacial score (nSPS) is 17.2. The number of unbranched alkanes of at least 4 members (excludes halogenated alkanes) is 2. The third kappa shape index (κ3) is 4.09. The quantitative estimate of drug-likeness (QED) is 0.442. The van der Waals surface area contributed by atoms with Crippen molar-refractivity contribution >= 4 is 39.8 Å². The van der Waals surface area contributed by atoms with Crippen molar-refractivity contribution in [2.75, 3.05) is 0 Å². The van der Waals surface area contributed by atoms with Crippen molar-refractivity contribution in [3.8, 4) is 5.69 Å². The molecule has 0 bridgehead atoms. The zero-order valence-electron chi connectivity index (χ0n) is 19.3. The van der Waals surface area contributed by atoms with Crippen molar-refractivity contribution < 1.29 is 4.79 Å². The van der Waals surface area contributed by atoms with Gasteiger partial charge in [0, 0.05) is 17.1 Å². The predicted molar refractivity (Wildman–Crippen MR) is 134 cm³/mol. The van der Waals surface area contributed by atoms with E-state index in [1.807, 2.05) is 6.92 Å². The van der Waals surface area contributed by atoms with Gasteiger partial charge in [0.2, 0.25) is 5.17 Å². The number of amidine groups is 2. The molecule has 1 amide bonds. The number of benzene rings is 1. The van der Waals surface area contributed by atoms with E-state index in [1.54, 1.807) is 6.08 Å². The van der Waals surface area contributed by atoms with E-state index >= 15 is 0 Å². The molecule has 2 aliphatic heterocycles. The fourth-order valence-electron chi connectivity index (χ4n) is 4.01. The number of hydrazone groups is 1. The number of carbonyl (C=O) groups is 1. The van der Waals surface area contributed by atoms with Gasteiger partial charge in [-0.25, -0.2) is 0 Å². The number of aliphatic imine (C=N–C) groups is 1. The van der Waals surface area contributed by atoms with Crippen molar-refractivity contribution in [3.05, 3.63) is 57.9 Å². The van der Waals surface area contributed by atoms with Gasteiger partial charge in [0.05, 0.1) is 5.57 Å². The fraction of sp³-hybridized carbons (Fsp3) is 0.360. The van der Waals surface area contributed by atoms with Gasteiger partial charge in [-0.1, -0.05) is 25.8 Å². The van der Waals surface area contributed by atoms with Gasteiger partial charge in [-0.05, 0) is 93.3 Å². The Labute approximate surface area is 193 Å². The molecule has 1 aromatic carbocycles. The number of rotatable bonds is 6. The molecule has 4 rings (SSSR count). The van der Waals surface area contributed by atoms with Gasteiger partial charge in [-0.3, -0.25) is 10.2 Å². The molecule has 0 saturated heterocycles. The first kappa shape index (κ1) is 22.3. The molecule has 0 saturated carbocycles. The summed E-state index contributed by atoms with van der Waals surface area (Å²) in [5.74, 6) is -0.288. The van der Waals surface area contributed by atoms with Crippen LogP contribution in [-0.4, -0.2) is 31.5 Å². The molecule has 32 heavy (non-hydrogen) atoms. The zero-order chi connectivity index (χ0) is 23.0. The van der Waals surface area contributed by atoms with E-state index in [4.69, 9.17) is 5.41 Å². The highest BCUT2D eigenvalue weighted by Gasteiger charge is 2.35. The van der Waals surface area contributed by atoms with Crippen LogP contribution in [0, 0.1) is 33.1 Å². The van der Waals surface area contributed by atoms with E-state index in [1.165, 1.54) is 27.9 Å². The molecule has 2 aliphatic rings. The topological polar surface area (TPSA) is 73.8 Å². The fourth-order valence-corrected chi connectivity index (χ4v) is 4.94. The van der Waals surface area contributed by atoms with Crippen LogP contribution in [0.3, 0.4) is 0 Å². The molecule has 2 aromatic rings. The molecule has 6 nitrogen and oxygen atoms in total. The molecule has 0 spiro atoms. The summed E-state index contributed by atoms with van der Waals surface area (Å²) in [5.41, 5.74) is 6.86. The Morgan fingerprint density at radius 3 is 2.59 bits per heavy atom. The Morgan fingerprint density at radius 2 is 1.88 bits per heavy atom. The highest BCUT2D eigenvalue weighted by molar-refractivity contribution is 8.26. The number of hydrogen-bond acceptors (Lipinski definition) is 4. The van der Waals surface area contributed by atoms with E-state index in [2.05, 4.69) is 66.6 Å². The standard InChI is InChI=1S/C25H29N5OS/c1-6-7-8-9-22-28-30-23(26)21(24(31)27-25(30)32-22)14-19-13-17(4)29(18(19)5)20-11-10-15(2)16(3)12-20/h10-14,26H,6-9H2,1-5H3/b21-14-,26-23?. The maximum atomic E-state index is 12.8. The Hall–Kier alpha value is -2.93. The number of nitrogens with zero attached hydrogens (tertiary/aromatic N) is 4. The summed E-state index contributed by atoms with van der Waals surface area (Å²) in [7, 11) is 0. The van der Waals surface area contributed by atoms with Gasteiger partial charge in [-0.2, -0.15) is 15.1 Å². The van der Waals surface area contributed by atoms with Gasteiger partial charge in [0.15, 0.2) is 5.84 Å². The van der Waals surface area contributed by atoms with Gasteiger partial charge in [-0.15, -0.1) is 0 Å². The van der Waals surface area contributed by atoms with Gasteiger partial charge in [0.25, 0.3) is 5.91 Å². The van der Waals surface area contributed by atoms with Crippen LogP contribution in [0.4, 0.5) is 0 Å². The maximum absolute atomic E-state index is 12.8. The minimum Gasteiger partial charge on any atom is -0.318 e. The van der Waals surface area contributed by atoms with Crippen LogP contribution in [0.2, 0.25) is 0 Å². The number of nitrogens with one attached hydrogen (secondary N) is 1. The van der Waals surface area contributed by atoms with Crippen molar-refractivity contribution in [2.45, 2.75) is 60.3 Å². The monoisotopic (exact) mass is 447 g/mol. The lowest BCUT2D eigenvalue weighted by atomic mass is 10.1. The molecular weight excluding hydrogens is 418 g/mol. The van der Waals surface area contributed by atoms with Crippen molar-refractivity contribution in [1.82, 2.24) is 9.58 Å². The molecule has 0 aliphatic carbocycles. The number of hydrogen-bond donors (Lipinski definition) is 1. The molecule has 0 radical (unpaired) electrons. The van der Waals surface area contributed by atoms with E-state index in [9.17, 15) is 4.79 Å².